The van der Waals surface area contributed by atoms with E-state index in [-0.39, 0.29) is 5.78 Å². The van der Waals surface area contributed by atoms with Crippen molar-refractivity contribution in [3.05, 3.63) is 118 Å². The molecular formula is C28H25NO4S. The van der Waals surface area contributed by atoms with Gasteiger partial charge in [0.25, 0.3) is 0 Å². The summed E-state index contributed by atoms with van der Waals surface area (Å²) in [5.41, 5.74) is 3.25. The Balaban J connectivity index is 1.35. The number of carboxylic acids is 1. The second-order valence-electron chi connectivity index (χ2n) is 7.85. The molecule has 0 fully saturated rings. The summed E-state index contributed by atoms with van der Waals surface area (Å²) in [6, 6.07) is 27.6. The van der Waals surface area contributed by atoms with Crippen LogP contribution in [0.2, 0.25) is 0 Å². The maximum absolute atomic E-state index is 12.8. The molecule has 0 saturated carbocycles. The Morgan fingerprint density at radius 1 is 0.853 bits per heavy atom. The fourth-order valence-corrected chi connectivity index (χ4v) is 4.39. The standard InChI is InChI=1S/C28H25NO4S/c30-26(22-9-5-2-6-10-22)27-24(17-18-34-27)29-25(28(31)32)16-13-20-11-14-23(15-12-20)33-19-21-7-3-1-4-8-21/h1-12,14-15,17-18,25,29H,13,16,19H2,(H,31,32). The summed E-state index contributed by atoms with van der Waals surface area (Å²) >= 11 is 1.31. The number of ether oxygens (including phenoxy) is 1. The number of carboxylic acid groups (broad SMARTS) is 1. The first kappa shape index (κ1) is 23.3. The molecule has 6 heteroatoms. The first-order chi connectivity index (χ1) is 16.6. The van der Waals surface area contributed by atoms with Crippen LogP contribution in [0.5, 0.6) is 5.75 Å². The molecule has 4 aromatic rings. The van der Waals surface area contributed by atoms with Crippen LogP contribution in [0.3, 0.4) is 0 Å². The van der Waals surface area contributed by atoms with Crippen molar-refractivity contribution in [1.29, 1.82) is 0 Å². The number of aliphatic carboxylic acids is 1. The number of aryl methyl sites for hydroxylation is 1. The number of thiophene rings is 1. The Labute approximate surface area is 202 Å². The van der Waals surface area contributed by atoms with E-state index >= 15 is 0 Å². The second kappa shape index (κ2) is 11.3. The molecule has 0 radical (unpaired) electrons. The molecular weight excluding hydrogens is 446 g/mol. The van der Waals surface area contributed by atoms with Crippen molar-refractivity contribution >= 4 is 28.8 Å². The Bertz CT molecular complexity index is 1220. The van der Waals surface area contributed by atoms with Gasteiger partial charge in [0, 0.05) is 5.56 Å². The van der Waals surface area contributed by atoms with Crippen molar-refractivity contribution in [3.8, 4) is 5.75 Å². The number of hydrogen-bond acceptors (Lipinski definition) is 5. The molecule has 1 heterocycles. The van der Waals surface area contributed by atoms with E-state index in [2.05, 4.69) is 5.32 Å². The molecule has 0 saturated heterocycles. The van der Waals surface area contributed by atoms with Crippen LogP contribution in [-0.2, 0) is 17.8 Å². The maximum atomic E-state index is 12.8. The summed E-state index contributed by atoms with van der Waals surface area (Å²) in [6.07, 6.45) is 0.962. The average molecular weight is 472 g/mol. The monoisotopic (exact) mass is 471 g/mol. The van der Waals surface area contributed by atoms with Crippen LogP contribution in [0.4, 0.5) is 5.69 Å². The summed E-state index contributed by atoms with van der Waals surface area (Å²) in [4.78, 5) is 25.3. The summed E-state index contributed by atoms with van der Waals surface area (Å²) < 4.78 is 5.82. The number of hydrogen-bond donors (Lipinski definition) is 2. The van der Waals surface area contributed by atoms with Crippen LogP contribution < -0.4 is 10.1 Å². The lowest BCUT2D eigenvalue weighted by Crippen LogP contribution is -2.30. The van der Waals surface area contributed by atoms with Crippen LogP contribution in [-0.4, -0.2) is 22.9 Å². The minimum Gasteiger partial charge on any atom is -0.489 e. The molecule has 1 unspecified atom stereocenters. The molecule has 0 aliphatic rings. The molecule has 172 valence electrons. The van der Waals surface area contributed by atoms with E-state index < -0.39 is 12.0 Å². The van der Waals surface area contributed by atoms with Crippen molar-refractivity contribution in [2.24, 2.45) is 0 Å². The minimum atomic E-state index is -0.952. The number of carbonyl (C=O) groups is 2. The zero-order valence-electron chi connectivity index (χ0n) is 18.5. The fourth-order valence-electron chi connectivity index (χ4n) is 3.57. The molecule has 0 amide bonds. The number of rotatable bonds is 11. The molecule has 0 spiro atoms. The van der Waals surface area contributed by atoms with Crippen molar-refractivity contribution in [2.75, 3.05) is 5.32 Å². The number of nitrogens with one attached hydrogen (secondary N) is 1. The fraction of sp³-hybridized carbons (Fsp3) is 0.143. The van der Waals surface area contributed by atoms with Crippen molar-refractivity contribution in [3.63, 3.8) is 0 Å². The van der Waals surface area contributed by atoms with Gasteiger partial charge in [0.15, 0.2) is 0 Å². The Morgan fingerprint density at radius 3 is 2.21 bits per heavy atom. The van der Waals surface area contributed by atoms with Crippen LogP contribution in [0.1, 0.15) is 32.8 Å². The Kier molecular flexibility index (Phi) is 7.73. The van der Waals surface area contributed by atoms with Gasteiger partial charge in [0.05, 0.1) is 10.6 Å². The maximum Gasteiger partial charge on any atom is 0.326 e. The van der Waals surface area contributed by atoms with Gasteiger partial charge < -0.3 is 15.2 Å². The highest BCUT2D eigenvalue weighted by molar-refractivity contribution is 7.13. The number of carbonyl (C=O) groups excluding carboxylic acids is 1. The van der Waals surface area contributed by atoms with Crippen molar-refractivity contribution < 1.29 is 19.4 Å². The van der Waals surface area contributed by atoms with Gasteiger partial charge in [-0.15, -0.1) is 11.3 Å². The normalized spacial score (nSPS) is 11.5. The van der Waals surface area contributed by atoms with Crippen molar-refractivity contribution in [2.45, 2.75) is 25.5 Å². The second-order valence-corrected chi connectivity index (χ2v) is 8.77. The van der Waals surface area contributed by atoms with E-state index in [9.17, 15) is 14.7 Å². The molecule has 1 aromatic heterocycles. The highest BCUT2D eigenvalue weighted by atomic mass is 32.1. The molecule has 34 heavy (non-hydrogen) atoms. The van der Waals surface area contributed by atoms with Crippen LogP contribution in [0.25, 0.3) is 0 Å². The SMILES string of the molecule is O=C(c1ccccc1)c1sccc1NC(CCc1ccc(OCc2ccccc2)cc1)C(=O)O. The number of anilines is 1. The predicted molar refractivity (Wildman–Crippen MR) is 135 cm³/mol. The van der Waals surface area contributed by atoms with Gasteiger partial charge >= 0.3 is 5.97 Å². The molecule has 2 N–H and O–H groups in total. The number of ketones is 1. The zero-order valence-corrected chi connectivity index (χ0v) is 19.3. The van der Waals surface area contributed by atoms with Gasteiger partial charge in [0.2, 0.25) is 5.78 Å². The third kappa shape index (κ3) is 6.11. The lowest BCUT2D eigenvalue weighted by Gasteiger charge is -2.16. The van der Waals surface area contributed by atoms with Gasteiger partial charge in [-0.25, -0.2) is 4.79 Å². The minimum absolute atomic E-state index is 0.117. The summed E-state index contributed by atoms with van der Waals surface area (Å²) in [7, 11) is 0. The predicted octanol–water partition coefficient (Wildman–Crippen LogP) is 6.06. The quantitative estimate of drug-likeness (QED) is 0.260. The van der Waals surface area contributed by atoms with E-state index in [1.54, 1.807) is 23.6 Å². The third-order valence-electron chi connectivity index (χ3n) is 5.43. The highest BCUT2D eigenvalue weighted by Gasteiger charge is 2.22. The molecule has 5 nitrogen and oxygen atoms in total. The van der Waals surface area contributed by atoms with Crippen LogP contribution in [0.15, 0.2) is 96.4 Å². The van der Waals surface area contributed by atoms with E-state index in [1.807, 2.05) is 72.8 Å². The van der Waals surface area contributed by atoms with E-state index in [0.29, 0.717) is 35.6 Å². The largest absolute Gasteiger partial charge is 0.489 e. The molecule has 0 aliphatic heterocycles. The Hall–Kier alpha value is -3.90. The molecule has 4 rings (SSSR count). The molecule has 0 aliphatic carbocycles. The molecule has 3 aromatic carbocycles. The third-order valence-corrected chi connectivity index (χ3v) is 6.34. The topological polar surface area (TPSA) is 75.6 Å². The first-order valence-corrected chi connectivity index (χ1v) is 11.9. The summed E-state index contributed by atoms with van der Waals surface area (Å²) in [6.45, 7) is 0.496. The zero-order chi connectivity index (χ0) is 23.8. The smallest absolute Gasteiger partial charge is 0.326 e. The van der Waals surface area contributed by atoms with Gasteiger partial charge in [-0.1, -0.05) is 72.8 Å². The highest BCUT2D eigenvalue weighted by Crippen LogP contribution is 2.27. The lowest BCUT2D eigenvalue weighted by molar-refractivity contribution is -0.138. The van der Waals surface area contributed by atoms with E-state index in [4.69, 9.17) is 4.74 Å². The van der Waals surface area contributed by atoms with Gasteiger partial charge in [0.1, 0.15) is 18.4 Å². The average Bonchev–Trinajstić information content (AvgIpc) is 3.34. The van der Waals surface area contributed by atoms with Gasteiger partial charge in [-0.2, -0.15) is 0 Å². The van der Waals surface area contributed by atoms with Crippen molar-refractivity contribution in [1.82, 2.24) is 0 Å². The summed E-state index contributed by atoms with van der Waals surface area (Å²) in [5, 5.41) is 14.6. The van der Waals surface area contributed by atoms with Crippen LogP contribution >= 0.6 is 11.3 Å². The van der Waals surface area contributed by atoms with Crippen LogP contribution in [0, 0.1) is 0 Å². The van der Waals surface area contributed by atoms with Gasteiger partial charge in [-0.3, -0.25) is 4.79 Å². The summed E-state index contributed by atoms with van der Waals surface area (Å²) in [5.74, 6) is -0.302. The molecule has 0 bridgehead atoms. The van der Waals surface area contributed by atoms with E-state index in [0.717, 1.165) is 16.9 Å². The number of benzene rings is 3. The van der Waals surface area contributed by atoms with Gasteiger partial charge in [-0.05, 0) is 47.5 Å². The van der Waals surface area contributed by atoms with E-state index in [1.165, 1.54) is 11.3 Å². The molecule has 1 atom stereocenters. The lowest BCUT2D eigenvalue weighted by atomic mass is 10.0. The first-order valence-electron chi connectivity index (χ1n) is 11.0. The Morgan fingerprint density at radius 2 is 1.53 bits per heavy atom.